The van der Waals surface area contributed by atoms with Gasteiger partial charge in [0.2, 0.25) is 0 Å². The molecule has 0 N–H and O–H groups in total. The first-order valence-electron chi connectivity index (χ1n) is 3.72. The van der Waals surface area contributed by atoms with Gasteiger partial charge in [-0.3, -0.25) is 0 Å². The van der Waals surface area contributed by atoms with E-state index in [-0.39, 0.29) is 0 Å². The van der Waals surface area contributed by atoms with E-state index in [9.17, 15) is 0 Å². The molecule has 2 rings (SSSR count). The number of aryl methyl sites for hydroxylation is 1. The molecule has 1 aliphatic rings. The van der Waals surface area contributed by atoms with Crippen LogP contribution in [0, 0.1) is 6.92 Å². The van der Waals surface area contributed by atoms with Crippen molar-refractivity contribution in [2.45, 2.75) is 18.2 Å². The molecule has 1 aliphatic heterocycles. The van der Waals surface area contributed by atoms with Gasteiger partial charge in [-0.15, -0.1) is 12.6 Å². The Morgan fingerprint density at radius 1 is 1.45 bits per heavy atom. The normalized spacial score (nSPS) is 14.4. The quantitative estimate of drug-likeness (QED) is 0.581. The molecule has 0 unspecified atom stereocenters. The van der Waals surface area contributed by atoms with Crippen molar-refractivity contribution in [1.82, 2.24) is 0 Å². The van der Waals surface area contributed by atoms with Gasteiger partial charge in [-0.1, -0.05) is 0 Å². The van der Waals surface area contributed by atoms with E-state index in [0.29, 0.717) is 0 Å². The minimum atomic E-state index is 0.812. The van der Waals surface area contributed by atoms with E-state index in [0.717, 1.165) is 23.7 Å². The molecule has 58 valence electrons. The lowest BCUT2D eigenvalue weighted by atomic mass is 10.1. The van der Waals surface area contributed by atoms with Crippen LogP contribution in [0.25, 0.3) is 0 Å². The highest BCUT2D eigenvalue weighted by molar-refractivity contribution is 7.80. The van der Waals surface area contributed by atoms with Gasteiger partial charge in [-0.2, -0.15) is 0 Å². The number of thiol groups is 1. The molecule has 0 aromatic heterocycles. The summed E-state index contributed by atoms with van der Waals surface area (Å²) in [4.78, 5) is 1.07. The van der Waals surface area contributed by atoms with Crippen molar-refractivity contribution in [2.75, 3.05) is 6.61 Å². The molecule has 0 fully saturated rings. The van der Waals surface area contributed by atoms with Crippen molar-refractivity contribution in [3.8, 4) is 5.75 Å². The summed E-state index contributed by atoms with van der Waals surface area (Å²) in [6.45, 7) is 2.87. The van der Waals surface area contributed by atoms with Gasteiger partial charge in [0.1, 0.15) is 5.75 Å². The molecule has 0 atom stereocenters. The fourth-order valence-corrected chi connectivity index (χ4v) is 1.83. The van der Waals surface area contributed by atoms with E-state index in [2.05, 4.69) is 31.7 Å². The van der Waals surface area contributed by atoms with Crippen molar-refractivity contribution in [1.29, 1.82) is 0 Å². The van der Waals surface area contributed by atoms with Gasteiger partial charge in [0, 0.05) is 16.9 Å². The van der Waals surface area contributed by atoms with Gasteiger partial charge in [0.05, 0.1) is 6.61 Å². The number of rotatable bonds is 0. The zero-order valence-electron chi connectivity index (χ0n) is 6.42. The Labute approximate surface area is 71.8 Å². The number of benzene rings is 1. The Hall–Kier alpha value is -0.630. The van der Waals surface area contributed by atoms with E-state index in [1.54, 1.807) is 0 Å². The van der Waals surface area contributed by atoms with Crippen LogP contribution in [0.1, 0.15) is 11.1 Å². The van der Waals surface area contributed by atoms with Crippen molar-refractivity contribution in [3.05, 3.63) is 23.3 Å². The molecular weight excluding hydrogens is 156 g/mol. The smallest absolute Gasteiger partial charge is 0.123 e. The van der Waals surface area contributed by atoms with Crippen LogP contribution in [0.4, 0.5) is 0 Å². The van der Waals surface area contributed by atoms with Gasteiger partial charge >= 0.3 is 0 Å². The second-order valence-electron chi connectivity index (χ2n) is 2.86. The summed E-state index contributed by atoms with van der Waals surface area (Å²) in [7, 11) is 0. The lowest BCUT2D eigenvalue weighted by molar-refractivity contribution is 0.356. The van der Waals surface area contributed by atoms with E-state index in [4.69, 9.17) is 4.74 Å². The van der Waals surface area contributed by atoms with Crippen LogP contribution in [0.2, 0.25) is 0 Å². The van der Waals surface area contributed by atoms with E-state index >= 15 is 0 Å². The third kappa shape index (κ3) is 1.11. The third-order valence-corrected chi connectivity index (χ3v) is 2.34. The van der Waals surface area contributed by atoms with Crippen LogP contribution in [-0.2, 0) is 6.42 Å². The van der Waals surface area contributed by atoms with Crippen LogP contribution in [0.15, 0.2) is 17.0 Å². The molecule has 1 aromatic rings. The lowest BCUT2D eigenvalue weighted by Gasteiger charge is -2.02. The number of hydrogen-bond donors (Lipinski definition) is 1. The molecule has 2 heteroatoms. The SMILES string of the molecule is Cc1cc(S)c2c(c1)OCC2. The molecule has 0 aliphatic carbocycles. The van der Waals surface area contributed by atoms with Crippen molar-refractivity contribution >= 4 is 12.6 Å². The Morgan fingerprint density at radius 3 is 3.09 bits per heavy atom. The summed E-state index contributed by atoms with van der Waals surface area (Å²) in [6.07, 6.45) is 1.01. The molecule has 0 amide bonds. The summed E-state index contributed by atoms with van der Waals surface area (Å²) in [5.41, 5.74) is 2.48. The monoisotopic (exact) mass is 166 g/mol. The van der Waals surface area contributed by atoms with Crippen molar-refractivity contribution < 1.29 is 4.74 Å². The van der Waals surface area contributed by atoms with Gasteiger partial charge in [-0.25, -0.2) is 0 Å². The zero-order chi connectivity index (χ0) is 7.84. The molecule has 1 aromatic carbocycles. The van der Waals surface area contributed by atoms with Crippen LogP contribution < -0.4 is 4.74 Å². The average Bonchev–Trinajstić information content (AvgIpc) is 2.34. The van der Waals surface area contributed by atoms with Crippen LogP contribution in [-0.4, -0.2) is 6.61 Å². The first-order chi connectivity index (χ1) is 5.27. The Balaban J connectivity index is 2.60. The summed E-state index contributed by atoms with van der Waals surface area (Å²) in [5, 5.41) is 0. The van der Waals surface area contributed by atoms with Crippen LogP contribution in [0.5, 0.6) is 5.75 Å². The standard InChI is InChI=1S/C9H10OS/c1-6-4-8-7(2-3-10-8)9(11)5-6/h4-5,11H,2-3H2,1H3. The van der Waals surface area contributed by atoms with Crippen LogP contribution in [0.3, 0.4) is 0 Å². The minimum Gasteiger partial charge on any atom is -0.493 e. The largest absolute Gasteiger partial charge is 0.493 e. The molecule has 11 heavy (non-hydrogen) atoms. The molecule has 0 saturated carbocycles. The Bertz CT molecular complexity index is 294. The molecule has 0 saturated heterocycles. The average molecular weight is 166 g/mol. The second kappa shape index (κ2) is 2.45. The first kappa shape index (κ1) is 7.04. The highest BCUT2D eigenvalue weighted by atomic mass is 32.1. The summed E-state index contributed by atoms with van der Waals surface area (Å²) in [6, 6.07) is 4.15. The first-order valence-corrected chi connectivity index (χ1v) is 4.17. The highest BCUT2D eigenvalue weighted by Crippen LogP contribution is 2.31. The molecule has 1 heterocycles. The Morgan fingerprint density at radius 2 is 2.27 bits per heavy atom. The van der Waals surface area contributed by atoms with E-state index < -0.39 is 0 Å². The summed E-state index contributed by atoms with van der Waals surface area (Å²) >= 11 is 4.38. The van der Waals surface area contributed by atoms with Crippen molar-refractivity contribution in [2.24, 2.45) is 0 Å². The molecule has 0 bridgehead atoms. The fraction of sp³-hybridized carbons (Fsp3) is 0.333. The zero-order valence-corrected chi connectivity index (χ0v) is 7.32. The van der Waals surface area contributed by atoms with Gasteiger partial charge < -0.3 is 4.74 Å². The maximum atomic E-state index is 5.41. The maximum absolute atomic E-state index is 5.41. The molecule has 1 nitrogen and oxygen atoms in total. The summed E-state index contributed by atoms with van der Waals surface area (Å²) in [5.74, 6) is 1.02. The maximum Gasteiger partial charge on any atom is 0.123 e. The molecule has 0 spiro atoms. The predicted molar refractivity (Wildman–Crippen MR) is 47.6 cm³/mol. The highest BCUT2D eigenvalue weighted by Gasteiger charge is 2.14. The second-order valence-corrected chi connectivity index (χ2v) is 3.34. The Kier molecular flexibility index (Phi) is 1.57. The van der Waals surface area contributed by atoms with E-state index in [1.807, 2.05) is 0 Å². The predicted octanol–water partition coefficient (Wildman–Crippen LogP) is 2.22. The minimum absolute atomic E-state index is 0.812. The third-order valence-electron chi connectivity index (χ3n) is 1.94. The van der Waals surface area contributed by atoms with E-state index in [1.165, 1.54) is 11.1 Å². The molecule has 0 radical (unpaired) electrons. The van der Waals surface area contributed by atoms with Gasteiger partial charge in [0.15, 0.2) is 0 Å². The van der Waals surface area contributed by atoms with Gasteiger partial charge in [-0.05, 0) is 24.6 Å². The topological polar surface area (TPSA) is 9.23 Å². The number of hydrogen-bond acceptors (Lipinski definition) is 2. The lowest BCUT2D eigenvalue weighted by Crippen LogP contribution is -1.86. The number of ether oxygens (including phenoxy) is 1. The summed E-state index contributed by atoms with van der Waals surface area (Å²) < 4.78 is 5.41. The fourth-order valence-electron chi connectivity index (χ4n) is 1.41. The van der Waals surface area contributed by atoms with Gasteiger partial charge in [0.25, 0.3) is 0 Å². The number of fused-ring (bicyclic) bond motifs is 1. The van der Waals surface area contributed by atoms with Crippen LogP contribution >= 0.6 is 12.6 Å². The van der Waals surface area contributed by atoms with Crippen molar-refractivity contribution in [3.63, 3.8) is 0 Å². The molecular formula is C9H10OS.